The minimum atomic E-state index is -0.170. The molecule has 1 aliphatic carbocycles. The highest BCUT2D eigenvalue weighted by Gasteiger charge is 2.31. The summed E-state index contributed by atoms with van der Waals surface area (Å²) in [5.41, 5.74) is 0. The molecule has 0 bridgehead atoms. The molecule has 0 saturated heterocycles. The molecule has 6 heteroatoms. The van der Waals surface area contributed by atoms with Crippen molar-refractivity contribution in [3.63, 3.8) is 0 Å². The Morgan fingerprint density at radius 2 is 1.41 bits per heavy atom. The molecule has 0 unspecified atom stereocenters. The van der Waals surface area contributed by atoms with Crippen LogP contribution in [0.15, 0.2) is 0 Å². The summed E-state index contributed by atoms with van der Waals surface area (Å²) in [5, 5.41) is 22.9. The monoisotopic (exact) mass is 304 g/mol. The lowest BCUT2D eigenvalue weighted by Gasteiger charge is -2.29. The molecule has 0 heterocycles. The number of hydrogen-bond acceptors (Lipinski definition) is 4. The highest BCUT2D eigenvalue weighted by Crippen LogP contribution is 2.29. The van der Waals surface area contributed by atoms with Gasteiger partial charge in [0.2, 0.25) is 11.8 Å². The third-order valence-corrected chi connectivity index (χ3v) is 3.99. The summed E-state index contributed by atoms with van der Waals surface area (Å²) < 4.78 is 0. The van der Waals surface area contributed by atoms with Gasteiger partial charge in [-0.1, -0.05) is 6.42 Å². The number of nitrogens with zero attached hydrogens (tertiary/aromatic N) is 2. The Morgan fingerprint density at radius 1 is 1.00 bits per heavy atom. The average molecular weight is 304 g/mol. The van der Waals surface area contributed by atoms with Gasteiger partial charge < -0.3 is 10.6 Å². The third-order valence-electron chi connectivity index (χ3n) is 3.99. The molecule has 0 aromatic rings. The van der Waals surface area contributed by atoms with E-state index in [1.54, 1.807) is 13.8 Å². The van der Waals surface area contributed by atoms with E-state index in [4.69, 9.17) is 10.5 Å². The second kappa shape index (κ2) is 9.04. The van der Waals surface area contributed by atoms with E-state index in [0.29, 0.717) is 6.42 Å². The van der Waals surface area contributed by atoms with Crippen LogP contribution in [-0.2, 0) is 9.59 Å². The van der Waals surface area contributed by atoms with E-state index in [1.165, 1.54) is 0 Å². The Balaban J connectivity index is 2.50. The van der Waals surface area contributed by atoms with Crippen molar-refractivity contribution in [2.45, 2.75) is 64.5 Å². The van der Waals surface area contributed by atoms with E-state index in [1.807, 2.05) is 12.1 Å². The van der Waals surface area contributed by atoms with Crippen LogP contribution in [0.1, 0.15) is 52.4 Å². The SMILES string of the molecule is C[C@H](CC#N)NC(=O)[C@@H]1CCC[C@H](C(=O)N[C@H](C)CC#N)C1. The molecular weight excluding hydrogens is 280 g/mol. The van der Waals surface area contributed by atoms with Gasteiger partial charge in [0.05, 0.1) is 25.0 Å². The molecule has 1 aliphatic rings. The zero-order chi connectivity index (χ0) is 16.5. The first kappa shape index (κ1) is 18.0. The number of rotatable bonds is 6. The highest BCUT2D eigenvalue weighted by molar-refractivity contribution is 5.82. The van der Waals surface area contributed by atoms with E-state index >= 15 is 0 Å². The quantitative estimate of drug-likeness (QED) is 0.777. The van der Waals surface area contributed by atoms with Gasteiger partial charge in [-0.25, -0.2) is 0 Å². The van der Waals surface area contributed by atoms with Crippen molar-refractivity contribution in [2.24, 2.45) is 11.8 Å². The van der Waals surface area contributed by atoms with Crippen LogP contribution in [0.4, 0.5) is 0 Å². The first-order valence-corrected chi connectivity index (χ1v) is 7.82. The molecule has 0 aromatic carbocycles. The summed E-state index contributed by atoms with van der Waals surface area (Å²) in [4.78, 5) is 24.4. The third kappa shape index (κ3) is 5.73. The van der Waals surface area contributed by atoms with Gasteiger partial charge in [-0.3, -0.25) is 9.59 Å². The molecule has 0 aromatic heterocycles. The van der Waals surface area contributed by atoms with Gasteiger partial charge in [-0.05, 0) is 33.1 Å². The molecule has 2 amide bonds. The molecule has 2 N–H and O–H groups in total. The number of nitriles is 2. The van der Waals surface area contributed by atoms with Crippen LogP contribution >= 0.6 is 0 Å². The van der Waals surface area contributed by atoms with E-state index in [2.05, 4.69) is 10.6 Å². The highest BCUT2D eigenvalue weighted by atomic mass is 16.2. The second-order valence-corrected chi connectivity index (χ2v) is 6.10. The second-order valence-electron chi connectivity index (χ2n) is 6.10. The number of amides is 2. The van der Waals surface area contributed by atoms with Gasteiger partial charge in [0.1, 0.15) is 0 Å². The smallest absolute Gasteiger partial charge is 0.223 e. The summed E-state index contributed by atoms with van der Waals surface area (Å²) in [6.07, 6.45) is 3.51. The first-order chi connectivity index (χ1) is 10.5. The maximum atomic E-state index is 12.2. The molecule has 0 aliphatic heterocycles. The molecule has 120 valence electrons. The molecule has 0 spiro atoms. The number of nitrogens with one attached hydrogen (secondary N) is 2. The van der Waals surface area contributed by atoms with Crippen LogP contribution in [0.25, 0.3) is 0 Å². The maximum absolute atomic E-state index is 12.2. The van der Waals surface area contributed by atoms with Crippen LogP contribution in [0.2, 0.25) is 0 Å². The van der Waals surface area contributed by atoms with E-state index < -0.39 is 0 Å². The van der Waals surface area contributed by atoms with Gasteiger partial charge in [0, 0.05) is 23.9 Å². The lowest BCUT2D eigenvalue weighted by atomic mass is 9.80. The van der Waals surface area contributed by atoms with Crippen LogP contribution in [0.3, 0.4) is 0 Å². The summed E-state index contributed by atoms with van der Waals surface area (Å²) >= 11 is 0. The summed E-state index contributed by atoms with van der Waals surface area (Å²) in [6.45, 7) is 3.61. The minimum Gasteiger partial charge on any atom is -0.352 e. The topological polar surface area (TPSA) is 106 Å². The van der Waals surface area contributed by atoms with Gasteiger partial charge in [-0.2, -0.15) is 10.5 Å². The molecular formula is C16H24N4O2. The van der Waals surface area contributed by atoms with Gasteiger partial charge in [0.25, 0.3) is 0 Å². The Labute approximate surface area is 131 Å². The predicted molar refractivity (Wildman–Crippen MR) is 81.1 cm³/mol. The Kier molecular flexibility index (Phi) is 7.39. The van der Waals surface area contributed by atoms with Crippen molar-refractivity contribution in [3.8, 4) is 12.1 Å². The zero-order valence-corrected chi connectivity index (χ0v) is 13.3. The fourth-order valence-corrected chi connectivity index (χ4v) is 2.76. The van der Waals surface area contributed by atoms with Crippen molar-refractivity contribution in [3.05, 3.63) is 0 Å². The summed E-state index contributed by atoms with van der Waals surface area (Å²) in [7, 11) is 0. The number of hydrogen-bond donors (Lipinski definition) is 2. The molecule has 1 fully saturated rings. The number of carbonyl (C=O) groups excluding carboxylic acids is 2. The summed E-state index contributed by atoms with van der Waals surface area (Å²) in [5.74, 6) is -0.468. The van der Waals surface area contributed by atoms with E-state index in [0.717, 1.165) is 19.3 Å². The first-order valence-electron chi connectivity index (χ1n) is 7.82. The van der Waals surface area contributed by atoms with Crippen LogP contribution in [-0.4, -0.2) is 23.9 Å². The lowest BCUT2D eigenvalue weighted by molar-refractivity contribution is -0.130. The van der Waals surface area contributed by atoms with Crippen molar-refractivity contribution in [1.82, 2.24) is 10.6 Å². The Bertz CT molecular complexity index is 436. The average Bonchev–Trinajstić information content (AvgIpc) is 2.47. The minimum absolute atomic E-state index is 0.0645. The van der Waals surface area contributed by atoms with Crippen LogP contribution in [0.5, 0.6) is 0 Å². The van der Waals surface area contributed by atoms with Crippen molar-refractivity contribution < 1.29 is 9.59 Å². The molecule has 1 rings (SSSR count). The Morgan fingerprint density at radius 3 is 1.77 bits per heavy atom. The molecule has 22 heavy (non-hydrogen) atoms. The van der Waals surface area contributed by atoms with Crippen molar-refractivity contribution >= 4 is 11.8 Å². The van der Waals surface area contributed by atoms with Crippen molar-refractivity contribution in [2.75, 3.05) is 0 Å². The van der Waals surface area contributed by atoms with E-state index in [9.17, 15) is 9.59 Å². The van der Waals surface area contributed by atoms with E-state index in [-0.39, 0.29) is 48.6 Å². The molecule has 1 saturated carbocycles. The summed E-state index contributed by atoms with van der Waals surface area (Å²) in [6, 6.07) is 3.73. The standard InChI is InChI=1S/C16H24N4O2/c1-11(6-8-17)19-15(21)13-4-3-5-14(10-13)16(22)20-12(2)7-9-18/h11-14H,3-7,10H2,1-2H3,(H,19,21)(H,20,22)/t11-,12-,13-,14+/m1/s1. The molecule has 4 atom stereocenters. The van der Waals surface area contributed by atoms with Crippen molar-refractivity contribution in [1.29, 1.82) is 10.5 Å². The molecule has 6 nitrogen and oxygen atoms in total. The normalized spacial score (nSPS) is 23.5. The fourth-order valence-electron chi connectivity index (χ4n) is 2.76. The maximum Gasteiger partial charge on any atom is 0.223 e. The number of carbonyl (C=O) groups is 2. The van der Waals surface area contributed by atoms with Gasteiger partial charge in [-0.15, -0.1) is 0 Å². The van der Waals surface area contributed by atoms with Gasteiger partial charge >= 0.3 is 0 Å². The largest absolute Gasteiger partial charge is 0.352 e. The predicted octanol–water partition coefficient (Wildman–Crippen LogP) is 1.63. The van der Waals surface area contributed by atoms with Crippen LogP contribution < -0.4 is 10.6 Å². The zero-order valence-electron chi connectivity index (χ0n) is 13.3. The molecule has 0 radical (unpaired) electrons. The lowest BCUT2D eigenvalue weighted by Crippen LogP contribution is -2.43. The van der Waals surface area contributed by atoms with Gasteiger partial charge in [0.15, 0.2) is 0 Å². The van der Waals surface area contributed by atoms with Crippen LogP contribution in [0, 0.1) is 34.5 Å². The fraction of sp³-hybridized carbons (Fsp3) is 0.750. The Hall–Kier alpha value is -2.08.